The summed E-state index contributed by atoms with van der Waals surface area (Å²) in [5.74, 6) is 0. The van der Waals surface area contributed by atoms with Crippen molar-refractivity contribution in [3.05, 3.63) is 32.3 Å². The molecule has 0 amide bonds. The van der Waals surface area contributed by atoms with Crippen LogP contribution in [0.5, 0.6) is 0 Å². The first kappa shape index (κ1) is 15.1. The third kappa shape index (κ3) is 3.54. The Morgan fingerprint density at radius 1 is 1.33 bits per heavy atom. The van der Waals surface area contributed by atoms with Gasteiger partial charge in [0.05, 0.1) is 20.6 Å². The van der Waals surface area contributed by atoms with Crippen LogP contribution in [-0.2, 0) is 0 Å². The molecule has 0 fully saturated rings. The van der Waals surface area contributed by atoms with Crippen LogP contribution in [0.1, 0.15) is 20.8 Å². The number of halogens is 2. The second-order valence-electron chi connectivity index (χ2n) is 4.74. The highest BCUT2D eigenvalue weighted by Gasteiger charge is 2.20. The summed E-state index contributed by atoms with van der Waals surface area (Å²) in [5.41, 5.74) is 0.00786. The monoisotopic (exact) mass is 306 g/mol. The van der Waals surface area contributed by atoms with Crippen molar-refractivity contribution in [3.63, 3.8) is 0 Å². The first-order valence-electron chi connectivity index (χ1n) is 5.08. The van der Waals surface area contributed by atoms with Crippen molar-refractivity contribution >= 4 is 51.8 Å². The minimum Gasteiger partial charge on any atom is -0.348 e. The number of nitro benzene ring substituents is 1. The molecule has 0 bridgehead atoms. The number of thiocarbonyl (C=S) groups is 1. The maximum Gasteiger partial charge on any atom is 0.289 e. The van der Waals surface area contributed by atoms with Crippen LogP contribution >= 0.6 is 35.4 Å². The lowest BCUT2D eigenvalue weighted by Gasteiger charge is -2.21. The Kier molecular flexibility index (Phi) is 4.53. The molecule has 0 atom stereocenters. The molecule has 0 saturated carbocycles. The van der Waals surface area contributed by atoms with Gasteiger partial charge in [-0.3, -0.25) is 10.1 Å². The summed E-state index contributed by atoms with van der Waals surface area (Å²) in [6.07, 6.45) is 0. The maximum absolute atomic E-state index is 10.7. The number of nitrogens with zero attached hydrogens (tertiary/aromatic N) is 1. The highest BCUT2D eigenvalue weighted by Crippen LogP contribution is 2.34. The van der Waals surface area contributed by atoms with E-state index in [0.29, 0.717) is 10.7 Å². The average molecular weight is 307 g/mol. The molecular formula is C11H12Cl2N2O2S. The minimum absolute atomic E-state index is 0.0172. The Hall–Kier alpha value is -0.910. The van der Waals surface area contributed by atoms with E-state index in [1.54, 1.807) is 0 Å². The SMILES string of the molecule is CC(C)(C)C(=S)Nc1cc(Cl)c([N+](=O)[O-])cc1Cl. The minimum atomic E-state index is -0.583. The Morgan fingerprint density at radius 2 is 1.89 bits per heavy atom. The van der Waals surface area contributed by atoms with Gasteiger partial charge in [-0.15, -0.1) is 0 Å². The van der Waals surface area contributed by atoms with Crippen LogP contribution in [0.4, 0.5) is 11.4 Å². The van der Waals surface area contributed by atoms with Crippen molar-refractivity contribution in [2.75, 3.05) is 5.32 Å². The molecule has 7 heteroatoms. The van der Waals surface area contributed by atoms with E-state index < -0.39 is 4.92 Å². The zero-order chi connectivity index (χ0) is 14.1. The van der Waals surface area contributed by atoms with E-state index in [-0.39, 0.29) is 21.1 Å². The lowest BCUT2D eigenvalue weighted by atomic mass is 9.96. The number of rotatable bonds is 2. The molecule has 18 heavy (non-hydrogen) atoms. The van der Waals surface area contributed by atoms with Gasteiger partial charge in [0.15, 0.2) is 0 Å². The molecule has 0 unspecified atom stereocenters. The predicted octanol–water partition coefficient (Wildman–Crippen LogP) is 4.69. The molecule has 0 aliphatic rings. The fourth-order valence-electron chi connectivity index (χ4n) is 1.08. The molecule has 0 saturated heterocycles. The van der Waals surface area contributed by atoms with Gasteiger partial charge < -0.3 is 5.32 Å². The van der Waals surface area contributed by atoms with Crippen molar-refractivity contribution in [1.82, 2.24) is 0 Å². The Morgan fingerprint density at radius 3 is 2.33 bits per heavy atom. The normalized spacial score (nSPS) is 11.2. The maximum atomic E-state index is 10.7. The number of hydrogen-bond donors (Lipinski definition) is 1. The van der Waals surface area contributed by atoms with Crippen molar-refractivity contribution in [2.45, 2.75) is 20.8 Å². The quantitative estimate of drug-likeness (QED) is 0.489. The van der Waals surface area contributed by atoms with Crippen LogP contribution in [-0.4, -0.2) is 9.91 Å². The summed E-state index contributed by atoms with van der Waals surface area (Å²) in [6, 6.07) is 2.61. The van der Waals surface area contributed by atoms with Crippen LogP contribution in [0.15, 0.2) is 12.1 Å². The van der Waals surface area contributed by atoms with E-state index in [1.807, 2.05) is 20.8 Å². The summed E-state index contributed by atoms with van der Waals surface area (Å²) in [5, 5.41) is 13.9. The molecule has 4 nitrogen and oxygen atoms in total. The van der Waals surface area contributed by atoms with Crippen LogP contribution in [0.3, 0.4) is 0 Å². The number of nitro groups is 1. The first-order valence-corrected chi connectivity index (χ1v) is 6.24. The third-order valence-corrected chi connectivity index (χ3v) is 3.49. The lowest BCUT2D eigenvalue weighted by molar-refractivity contribution is -0.384. The smallest absolute Gasteiger partial charge is 0.289 e. The molecule has 1 rings (SSSR count). The van der Waals surface area contributed by atoms with Gasteiger partial charge in [-0.25, -0.2) is 0 Å². The average Bonchev–Trinajstić information content (AvgIpc) is 2.21. The molecule has 0 aliphatic carbocycles. The summed E-state index contributed by atoms with van der Waals surface area (Å²) < 4.78 is 0. The van der Waals surface area contributed by atoms with Gasteiger partial charge in [0.2, 0.25) is 0 Å². The summed E-state index contributed by atoms with van der Waals surface area (Å²) in [7, 11) is 0. The van der Waals surface area contributed by atoms with Gasteiger partial charge in [0, 0.05) is 11.5 Å². The summed E-state index contributed by atoms with van der Waals surface area (Å²) >= 11 is 17.0. The lowest BCUT2D eigenvalue weighted by Crippen LogP contribution is -2.25. The number of hydrogen-bond acceptors (Lipinski definition) is 3. The van der Waals surface area contributed by atoms with Crippen molar-refractivity contribution in [2.24, 2.45) is 5.41 Å². The standard InChI is InChI=1S/C11H12Cl2N2O2S/c1-11(2,3)10(18)14-8-4-7(13)9(15(16)17)5-6(8)12/h4-5H,1-3H3,(H,14,18). The van der Waals surface area contributed by atoms with Crippen LogP contribution in [0, 0.1) is 15.5 Å². The zero-order valence-electron chi connectivity index (χ0n) is 10.1. The Labute approximate surface area is 120 Å². The van der Waals surface area contributed by atoms with Gasteiger partial charge in [-0.1, -0.05) is 56.2 Å². The van der Waals surface area contributed by atoms with E-state index in [0.717, 1.165) is 0 Å². The van der Waals surface area contributed by atoms with Crippen LogP contribution in [0.2, 0.25) is 10.0 Å². The molecular weight excluding hydrogens is 295 g/mol. The number of anilines is 1. The zero-order valence-corrected chi connectivity index (χ0v) is 12.4. The van der Waals surface area contributed by atoms with E-state index in [2.05, 4.69) is 5.32 Å². The molecule has 0 spiro atoms. The summed E-state index contributed by atoms with van der Waals surface area (Å²) in [6.45, 7) is 5.84. The molecule has 98 valence electrons. The summed E-state index contributed by atoms with van der Waals surface area (Å²) in [4.78, 5) is 10.7. The largest absolute Gasteiger partial charge is 0.348 e. The fourth-order valence-corrected chi connectivity index (χ4v) is 1.63. The molecule has 1 aromatic rings. The van der Waals surface area contributed by atoms with Gasteiger partial charge in [0.1, 0.15) is 5.02 Å². The highest BCUT2D eigenvalue weighted by atomic mass is 35.5. The van der Waals surface area contributed by atoms with Gasteiger partial charge >= 0.3 is 0 Å². The number of nitrogens with one attached hydrogen (secondary N) is 1. The van der Waals surface area contributed by atoms with E-state index in [4.69, 9.17) is 35.4 Å². The van der Waals surface area contributed by atoms with Crippen molar-refractivity contribution < 1.29 is 4.92 Å². The highest BCUT2D eigenvalue weighted by molar-refractivity contribution is 7.80. The molecule has 0 radical (unpaired) electrons. The van der Waals surface area contributed by atoms with E-state index in [1.165, 1.54) is 12.1 Å². The Balaban J connectivity index is 3.10. The molecule has 0 heterocycles. The first-order chi connectivity index (χ1) is 8.12. The topological polar surface area (TPSA) is 55.2 Å². The second kappa shape index (κ2) is 5.38. The van der Waals surface area contributed by atoms with Crippen LogP contribution in [0.25, 0.3) is 0 Å². The van der Waals surface area contributed by atoms with Crippen molar-refractivity contribution in [3.8, 4) is 0 Å². The second-order valence-corrected chi connectivity index (χ2v) is 5.97. The van der Waals surface area contributed by atoms with Crippen LogP contribution < -0.4 is 5.32 Å². The molecule has 1 N–H and O–H groups in total. The fraction of sp³-hybridized carbons (Fsp3) is 0.364. The molecule has 0 aromatic heterocycles. The third-order valence-electron chi connectivity index (χ3n) is 2.16. The van der Waals surface area contributed by atoms with Gasteiger partial charge in [0.25, 0.3) is 5.69 Å². The molecule has 1 aromatic carbocycles. The predicted molar refractivity (Wildman–Crippen MR) is 78.8 cm³/mol. The van der Waals surface area contributed by atoms with E-state index in [9.17, 15) is 10.1 Å². The van der Waals surface area contributed by atoms with Gasteiger partial charge in [-0.2, -0.15) is 0 Å². The number of benzene rings is 1. The van der Waals surface area contributed by atoms with Crippen molar-refractivity contribution in [1.29, 1.82) is 0 Å². The Bertz CT molecular complexity index is 513. The molecule has 0 aliphatic heterocycles. The van der Waals surface area contributed by atoms with Gasteiger partial charge in [-0.05, 0) is 6.07 Å². The van der Waals surface area contributed by atoms with E-state index >= 15 is 0 Å².